The molecule has 2 rings (SSSR count). The smallest absolute Gasteiger partial charge is 0.243 e. The molecule has 1 aromatic rings. The fourth-order valence-electron chi connectivity index (χ4n) is 1.86. The maximum atomic E-state index is 11.9. The minimum Gasteiger partial charge on any atom is -0.497 e. The second-order valence-corrected chi connectivity index (χ2v) is 3.87. The number of amides is 1. The largest absolute Gasteiger partial charge is 0.497 e. The van der Waals surface area contributed by atoms with E-state index in [-0.39, 0.29) is 11.9 Å². The molecule has 4 nitrogen and oxygen atoms in total. The van der Waals surface area contributed by atoms with Gasteiger partial charge in [-0.1, -0.05) is 6.07 Å². The van der Waals surface area contributed by atoms with Crippen LogP contribution in [0.1, 0.15) is 6.92 Å². The number of nitrogens with one attached hydrogen (secondary N) is 1. The van der Waals surface area contributed by atoms with E-state index < -0.39 is 0 Å². The Balaban J connectivity index is 2.25. The van der Waals surface area contributed by atoms with Gasteiger partial charge in [-0.05, 0) is 19.1 Å². The molecular formula is C12H16N2O2. The Morgan fingerprint density at radius 3 is 3.06 bits per heavy atom. The first-order valence-corrected chi connectivity index (χ1v) is 5.41. The Kier molecular flexibility index (Phi) is 3.10. The van der Waals surface area contributed by atoms with Crippen LogP contribution >= 0.6 is 0 Å². The van der Waals surface area contributed by atoms with Crippen LogP contribution in [0.2, 0.25) is 0 Å². The molecule has 1 amide bonds. The van der Waals surface area contributed by atoms with Gasteiger partial charge in [-0.2, -0.15) is 0 Å². The van der Waals surface area contributed by atoms with Gasteiger partial charge in [-0.25, -0.2) is 0 Å². The molecule has 1 saturated heterocycles. The molecule has 0 unspecified atom stereocenters. The van der Waals surface area contributed by atoms with E-state index in [1.54, 1.807) is 12.0 Å². The van der Waals surface area contributed by atoms with E-state index in [0.29, 0.717) is 6.54 Å². The molecule has 1 fully saturated rings. The molecule has 0 aromatic heterocycles. The lowest BCUT2D eigenvalue weighted by molar-refractivity contribution is -0.121. The molecule has 4 heteroatoms. The van der Waals surface area contributed by atoms with Crippen LogP contribution in [0.3, 0.4) is 0 Å². The van der Waals surface area contributed by atoms with Crippen molar-refractivity contribution in [3.05, 3.63) is 24.3 Å². The monoisotopic (exact) mass is 220 g/mol. The average Bonchev–Trinajstić information content (AvgIpc) is 2.33. The predicted octanol–water partition coefficient (Wildman–Crippen LogP) is 1.02. The number of anilines is 1. The van der Waals surface area contributed by atoms with Crippen molar-refractivity contribution in [2.75, 3.05) is 25.1 Å². The summed E-state index contributed by atoms with van der Waals surface area (Å²) in [7, 11) is 1.63. The number of methoxy groups -OCH3 is 1. The Bertz CT molecular complexity index is 392. The van der Waals surface area contributed by atoms with Gasteiger partial charge in [0, 0.05) is 24.8 Å². The van der Waals surface area contributed by atoms with Crippen LogP contribution < -0.4 is 15.0 Å². The topological polar surface area (TPSA) is 41.6 Å². The van der Waals surface area contributed by atoms with E-state index >= 15 is 0 Å². The molecule has 1 aromatic carbocycles. The highest BCUT2D eigenvalue weighted by atomic mass is 16.5. The molecule has 0 radical (unpaired) electrons. The molecule has 1 N–H and O–H groups in total. The van der Waals surface area contributed by atoms with E-state index in [0.717, 1.165) is 18.0 Å². The Labute approximate surface area is 95.2 Å². The third-order valence-electron chi connectivity index (χ3n) is 2.79. The Morgan fingerprint density at radius 1 is 1.50 bits per heavy atom. The summed E-state index contributed by atoms with van der Waals surface area (Å²) in [6.45, 7) is 3.41. The Morgan fingerprint density at radius 2 is 2.31 bits per heavy atom. The van der Waals surface area contributed by atoms with E-state index in [9.17, 15) is 4.79 Å². The highest BCUT2D eigenvalue weighted by Gasteiger charge is 2.25. The van der Waals surface area contributed by atoms with Crippen molar-refractivity contribution in [1.82, 2.24) is 5.32 Å². The zero-order chi connectivity index (χ0) is 11.5. The summed E-state index contributed by atoms with van der Waals surface area (Å²) in [5.41, 5.74) is 0.901. The molecule has 86 valence electrons. The van der Waals surface area contributed by atoms with E-state index in [2.05, 4.69) is 5.32 Å². The van der Waals surface area contributed by atoms with Crippen molar-refractivity contribution in [1.29, 1.82) is 0 Å². The molecular weight excluding hydrogens is 204 g/mol. The molecule has 0 bridgehead atoms. The van der Waals surface area contributed by atoms with Crippen molar-refractivity contribution in [2.24, 2.45) is 0 Å². The minimum atomic E-state index is -0.111. The van der Waals surface area contributed by atoms with Gasteiger partial charge in [0.15, 0.2) is 0 Å². The van der Waals surface area contributed by atoms with E-state index in [1.807, 2.05) is 31.2 Å². The second-order valence-electron chi connectivity index (χ2n) is 3.87. The highest BCUT2D eigenvalue weighted by Crippen LogP contribution is 2.22. The molecule has 0 spiro atoms. The van der Waals surface area contributed by atoms with Gasteiger partial charge in [0.25, 0.3) is 0 Å². The molecule has 1 heterocycles. The predicted molar refractivity (Wildman–Crippen MR) is 62.8 cm³/mol. The first-order chi connectivity index (χ1) is 7.72. The van der Waals surface area contributed by atoms with Gasteiger partial charge in [0.2, 0.25) is 5.91 Å². The lowest BCUT2D eigenvalue weighted by atomic mass is 10.2. The summed E-state index contributed by atoms with van der Waals surface area (Å²) in [6.07, 6.45) is 0. The van der Waals surface area contributed by atoms with Crippen LogP contribution in [-0.4, -0.2) is 32.1 Å². The lowest BCUT2D eigenvalue weighted by Crippen LogP contribution is -2.53. The van der Waals surface area contributed by atoms with Gasteiger partial charge in [-0.3, -0.25) is 4.79 Å². The van der Waals surface area contributed by atoms with Crippen LogP contribution in [0.15, 0.2) is 24.3 Å². The zero-order valence-corrected chi connectivity index (χ0v) is 9.56. The molecule has 1 aliphatic rings. The lowest BCUT2D eigenvalue weighted by Gasteiger charge is -2.31. The molecule has 0 aliphatic carbocycles. The number of hydrogen-bond donors (Lipinski definition) is 1. The number of rotatable bonds is 2. The minimum absolute atomic E-state index is 0.111. The number of ether oxygens (including phenoxy) is 1. The first kappa shape index (κ1) is 11.0. The van der Waals surface area contributed by atoms with Crippen molar-refractivity contribution in [3.63, 3.8) is 0 Å². The van der Waals surface area contributed by atoms with Crippen LogP contribution in [0.25, 0.3) is 0 Å². The van der Waals surface area contributed by atoms with Gasteiger partial charge in [0.05, 0.1) is 13.2 Å². The SMILES string of the molecule is COc1cccc(N2CCN[C@@H](C)C2=O)c1. The van der Waals surface area contributed by atoms with Crippen molar-refractivity contribution < 1.29 is 9.53 Å². The number of carbonyl (C=O) groups excluding carboxylic acids is 1. The van der Waals surface area contributed by atoms with Crippen LogP contribution in [0.4, 0.5) is 5.69 Å². The number of carbonyl (C=O) groups is 1. The number of nitrogens with zero attached hydrogens (tertiary/aromatic N) is 1. The quantitative estimate of drug-likeness (QED) is 0.809. The second kappa shape index (κ2) is 4.53. The normalized spacial score (nSPS) is 21.0. The first-order valence-electron chi connectivity index (χ1n) is 5.41. The fourth-order valence-corrected chi connectivity index (χ4v) is 1.86. The zero-order valence-electron chi connectivity index (χ0n) is 9.56. The highest BCUT2D eigenvalue weighted by molar-refractivity contribution is 5.97. The van der Waals surface area contributed by atoms with Gasteiger partial charge in [0.1, 0.15) is 5.75 Å². The van der Waals surface area contributed by atoms with Gasteiger partial charge in [-0.15, -0.1) is 0 Å². The van der Waals surface area contributed by atoms with Gasteiger partial charge >= 0.3 is 0 Å². The molecule has 1 atom stereocenters. The van der Waals surface area contributed by atoms with Crippen molar-refractivity contribution in [3.8, 4) is 5.75 Å². The number of benzene rings is 1. The van der Waals surface area contributed by atoms with Gasteiger partial charge < -0.3 is 15.0 Å². The van der Waals surface area contributed by atoms with Crippen LogP contribution in [-0.2, 0) is 4.79 Å². The Hall–Kier alpha value is -1.55. The standard InChI is InChI=1S/C12H16N2O2/c1-9-12(15)14(7-6-13-9)10-4-3-5-11(8-10)16-2/h3-5,8-9,13H,6-7H2,1-2H3/t9-/m0/s1. The van der Waals surface area contributed by atoms with Crippen molar-refractivity contribution >= 4 is 11.6 Å². The van der Waals surface area contributed by atoms with Crippen molar-refractivity contribution in [2.45, 2.75) is 13.0 Å². The summed E-state index contributed by atoms with van der Waals surface area (Å²) in [5, 5.41) is 3.14. The third-order valence-corrected chi connectivity index (χ3v) is 2.79. The summed E-state index contributed by atoms with van der Waals surface area (Å²) in [4.78, 5) is 13.7. The van der Waals surface area contributed by atoms with E-state index in [1.165, 1.54) is 0 Å². The fraction of sp³-hybridized carbons (Fsp3) is 0.417. The van der Waals surface area contributed by atoms with Crippen LogP contribution in [0, 0.1) is 0 Å². The third kappa shape index (κ3) is 2.02. The average molecular weight is 220 g/mol. The van der Waals surface area contributed by atoms with Crippen LogP contribution in [0.5, 0.6) is 5.75 Å². The molecule has 1 aliphatic heterocycles. The summed E-state index contributed by atoms with van der Waals surface area (Å²) >= 11 is 0. The summed E-state index contributed by atoms with van der Waals surface area (Å²) in [6, 6.07) is 7.47. The summed E-state index contributed by atoms with van der Waals surface area (Å²) < 4.78 is 5.15. The molecule has 16 heavy (non-hydrogen) atoms. The van der Waals surface area contributed by atoms with E-state index in [4.69, 9.17) is 4.74 Å². The summed E-state index contributed by atoms with van der Waals surface area (Å²) in [5.74, 6) is 0.885. The molecule has 0 saturated carbocycles. The number of piperazine rings is 1. The maximum absolute atomic E-state index is 11.9. The maximum Gasteiger partial charge on any atom is 0.243 e. The number of hydrogen-bond acceptors (Lipinski definition) is 3.